The molecule has 0 radical (unpaired) electrons. The lowest BCUT2D eigenvalue weighted by Crippen LogP contribution is -2.11. The van der Waals surface area contributed by atoms with E-state index in [0.29, 0.717) is 22.6 Å². The van der Waals surface area contributed by atoms with Crippen LogP contribution in [0, 0.1) is 0 Å². The minimum absolute atomic E-state index is 0.0339. The van der Waals surface area contributed by atoms with Crippen molar-refractivity contribution in [3.05, 3.63) is 89.5 Å². The van der Waals surface area contributed by atoms with E-state index in [1.165, 1.54) is 37.5 Å². The average molecular weight is 443 g/mol. The van der Waals surface area contributed by atoms with Crippen LogP contribution in [0.4, 0.5) is 18.9 Å². The molecular formula is C24H20F3NO4. The Kier molecular flexibility index (Phi) is 7.04. The second kappa shape index (κ2) is 9.91. The van der Waals surface area contributed by atoms with Gasteiger partial charge in [0.25, 0.3) is 0 Å². The molecule has 0 aliphatic rings. The van der Waals surface area contributed by atoms with Crippen molar-refractivity contribution in [2.24, 2.45) is 0 Å². The number of anilines is 1. The van der Waals surface area contributed by atoms with Crippen molar-refractivity contribution < 1.29 is 32.5 Å². The van der Waals surface area contributed by atoms with Crippen LogP contribution in [0.15, 0.2) is 72.8 Å². The van der Waals surface area contributed by atoms with E-state index in [4.69, 9.17) is 9.47 Å². The number of nitrogens with one attached hydrogen (secondary N) is 1. The van der Waals surface area contributed by atoms with E-state index in [0.717, 1.165) is 12.1 Å². The quantitative estimate of drug-likeness (QED) is 0.463. The molecule has 0 aliphatic heterocycles. The zero-order chi connectivity index (χ0) is 23.1. The fraction of sp³-hybridized carbons (Fsp3) is 0.125. The number of carbonyl (C=O) groups excluding carboxylic acids is 1. The maximum atomic E-state index is 12.9. The molecular weight excluding hydrogens is 423 g/mol. The molecule has 0 saturated carbocycles. The molecule has 0 unspecified atom stereocenters. The molecule has 2 N–H and O–H groups in total. The summed E-state index contributed by atoms with van der Waals surface area (Å²) < 4.78 is 49.1. The lowest BCUT2D eigenvalue weighted by Gasteiger charge is -2.13. The maximum Gasteiger partial charge on any atom is 0.416 e. The molecule has 3 aromatic carbocycles. The summed E-state index contributed by atoms with van der Waals surface area (Å²) in [6.07, 6.45) is -1.64. The first-order valence-electron chi connectivity index (χ1n) is 9.50. The van der Waals surface area contributed by atoms with Gasteiger partial charge in [0.15, 0.2) is 11.5 Å². The van der Waals surface area contributed by atoms with Gasteiger partial charge in [-0.3, -0.25) is 4.79 Å². The highest BCUT2D eigenvalue weighted by Crippen LogP contribution is 2.31. The topological polar surface area (TPSA) is 67.8 Å². The number of para-hydroxylation sites is 1. The fourth-order valence-electron chi connectivity index (χ4n) is 2.85. The lowest BCUT2D eigenvalue weighted by atomic mass is 10.1. The van der Waals surface area contributed by atoms with Crippen molar-refractivity contribution in [2.75, 3.05) is 12.4 Å². The number of methoxy groups -OCH3 is 1. The molecule has 0 spiro atoms. The van der Waals surface area contributed by atoms with Crippen molar-refractivity contribution in [1.29, 1.82) is 0 Å². The number of phenolic OH excluding ortho intramolecular Hbond substituents is 1. The molecule has 3 rings (SSSR count). The Morgan fingerprint density at radius 1 is 1.06 bits per heavy atom. The van der Waals surface area contributed by atoms with Gasteiger partial charge in [-0.05, 0) is 48.0 Å². The van der Waals surface area contributed by atoms with Crippen LogP contribution in [0.2, 0.25) is 0 Å². The Morgan fingerprint density at radius 2 is 1.84 bits per heavy atom. The normalized spacial score (nSPS) is 11.4. The average Bonchev–Trinajstić information content (AvgIpc) is 2.77. The predicted molar refractivity (Wildman–Crippen MR) is 115 cm³/mol. The van der Waals surface area contributed by atoms with Crippen LogP contribution < -0.4 is 14.8 Å². The zero-order valence-corrected chi connectivity index (χ0v) is 17.0. The third-order valence-electron chi connectivity index (χ3n) is 4.46. The highest BCUT2D eigenvalue weighted by molar-refractivity contribution is 6.02. The van der Waals surface area contributed by atoms with E-state index < -0.39 is 17.6 Å². The van der Waals surface area contributed by atoms with Gasteiger partial charge in [0, 0.05) is 17.3 Å². The first-order valence-corrected chi connectivity index (χ1v) is 9.50. The molecule has 32 heavy (non-hydrogen) atoms. The van der Waals surface area contributed by atoms with E-state index in [9.17, 15) is 23.1 Å². The Balaban J connectivity index is 1.66. The number of hydrogen-bond acceptors (Lipinski definition) is 4. The standard InChI is InChI=1S/C24H20F3NO4/c1-31-22-11-9-16(13-21(22)29)10-12-23(30)28-20-8-3-2-5-17(20)15-32-19-7-4-6-18(14-19)24(25,26)27/h2-14,29H,15H2,1H3,(H,28,30). The van der Waals surface area contributed by atoms with Gasteiger partial charge in [-0.1, -0.05) is 30.3 Å². The second-order valence-electron chi connectivity index (χ2n) is 6.73. The number of amides is 1. The molecule has 8 heteroatoms. The van der Waals surface area contributed by atoms with Crippen LogP contribution in [-0.2, 0) is 17.6 Å². The Bertz CT molecular complexity index is 1130. The first kappa shape index (κ1) is 22.7. The first-order chi connectivity index (χ1) is 15.3. The number of benzene rings is 3. The minimum atomic E-state index is -4.46. The summed E-state index contributed by atoms with van der Waals surface area (Å²) in [5.74, 6) is -0.0829. The number of carbonyl (C=O) groups is 1. The largest absolute Gasteiger partial charge is 0.504 e. The molecule has 0 fully saturated rings. The summed E-state index contributed by atoms with van der Waals surface area (Å²) in [5, 5.41) is 12.5. The number of phenols is 1. The van der Waals surface area contributed by atoms with Crippen LogP contribution >= 0.6 is 0 Å². The summed E-state index contributed by atoms with van der Waals surface area (Å²) in [6.45, 7) is -0.0339. The Morgan fingerprint density at radius 3 is 2.56 bits per heavy atom. The summed E-state index contributed by atoms with van der Waals surface area (Å²) in [4.78, 5) is 12.3. The smallest absolute Gasteiger partial charge is 0.416 e. The molecule has 166 valence electrons. The molecule has 0 bridgehead atoms. The van der Waals surface area contributed by atoms with Gasteiger partial charge in [-0.2, -0.15) is 13.2 Å². The van der Waals surface area contributed by atoms with Gasteiger partial charge in [0.1, 0.15) is 12.4 Å². The van der Waals surface area contributed by atoms with Crippen molar-refractivity contribution in [3.8, 4) is 17.2 Å². The second-order valence-corrected chi connectivity index (χ2v) is 6.73. The lowest BCUT2D eigenvalue weighted by molar-refractivity contribution is -0.137. The number of hydrogen-bond donors (Lipinski definition) is 2. The highest BCUT2D eigenvalue weighted by atomic mass is 19.4. The third kappa shape index (κ3) is 6.04. The van der Waals surface area contributed by atoms with Crippen LogP contribution in [-0.4, -0.2) is 18.1 Å². The number of halogens is 3. The SMILES string of the molecule is COc1ccc(C=CC(=O)Nc2ccccc2COc2cccc(C(F)(F)F)c2)cc1O. The van der Waals surface area contributed by atoms with E-state index in [1.807, 2.05) is 0 Å². The van der Waals surface area contributed by atoms with Gasteiger partial charge < -0.3 is 19.9 Å². The van der Waals surface area contributed by atoms with E-state index >= 15 is 0 Å². The Labute approximate surface area is 182 Å². The van der Waals surface area contributed by atoms with Crippen molar-refractivity contribution in [2.45, 2.75) is 12.8 Å². The van der Waals surface area contributed by atoms with Gasteiger partial charge in [-0.25, -0.2) is 0 Å². The monoisotopic (exact) mass is 443 g/mol. The van der Waals surface area contributed by atoms with E-state index in [-0.39, 0.29) is 18.1 Å². The maximum absolute atomic E-state index is 12.9. The molecule has 0 aliphatic carbocycles. The molecule has 0 aromatic heterocycles. The summed E-state index contributed by atoms with van der Waals surface area (Å²) in [7, 11) is 1.44. The fourth-order valence-corrected chi connectivity index (χ4v) is 2.85. The predicted octanol–water partition coefficient (Wildman–Crippen LogP) is 5.65. The van der Waals surface area contributed by atoms with Gasteiger partial charge >= 0.3 is 6.18 Å². The number of rotatable bonds is 7. The molecule has 0 heterocycles. The number of alkyl halides is 3. The zero-order valence-electron chi connectivity index (χ0n) is 17.0. The van der Waals surface area contributed by atoms with Crippen LogP contribution in [0.1, 0.15) is 16.7 Å². The van der Waals surface area contributed by atoms with Crippen molar-refractivity contribution >= 4 is 17.7 Å². The van der Waals surface area contributed by atoms with Gasteiger partial charge in [0.2, 0.25) is 5.91 Å². The summed E-state index contributed by atoms with van der Waals surface area (Å²) in [6, 6.07) is 16.1. The summed E-state index contributed by atoms with van der Waals surface area (Å²) >= 11 is 0. The van der Waals surface area contributed by atoms with E-state index in [1.54, 1.807) is 36.4 Å². The van der Waals surface area contributed by atoms with Gasteiger partial charge in [0.05, 0.1) is 12.7 Å². The molecule has 0 atom stereocenters. The minimum Gasteiger partial charge on any atom is -0.504 e. The number of aromatic hydroxyl groups is 1. The molecule has 5 nitrogen and oxygen atoms in total. The molecule has 3 aromatic rings. The van der Waals surface area contributed by atoms with Crippen LogP contribution in [0.5, 0.6) is 17.2 Å². The van der Waals surface area contributed by atoms with Crippen LogP contribution in [0.25, 0.3) is 6.08 Å². The van der Waals surface area contributed by atoms with Crippen molar-refractivity contribution in [3.63, 3.8) is 0 Å². The highest BCUT2D eigenvalue weighted by Gasteiger charge is 2.30. The number of ether oxygens (including phenoxy) is 2. The molecule has 1 amide bonds. The Hall–Kier alpha value is -3.94. The van der Waals surface area contributed by atoms with Crippen molar-refractivity contribution in [1.82, 2.24) is 0 Å². The third-order valence-corrected chi connectivity index (χ3v) is 4.46. The molecule has 0 saturated heterocycles. The van der Waals surface area contributed by atoms with Gasteiger partial charge in [-0.15, -0.1) is 0 Å². The summed E-state index contributed by atoms with van der Waals surface area (Å²) in [5.41, 5.74) is 0.853. The van der Waals surface area contributed by atoms with E-state index in [2.05, 4.69) is 5.32 Å². The van der Waals surface area contributed by atoms with Crippen LogP contribution in [0.3, 0.4) is 0 Å².